The van der Waals surface area contributed by atoms with Gasteiger partial charge in [-0.3, -0.25) is 0 Å². The molecule has 1 heterocycles. The Kier molecular flexibility index (Phi) is 8.25. The molecular weight excluding hydrogens is 773 g/mol. The SMILES string of the molecule is c1ccc(-c2c(-c3ccccc3)c3cc(N(c4cccc5c4ccc4ccccc45)c4cccc5c4c4ccccc4n5-c4ccc5ccccc5c4)ccc3c3ccccc23)cc1. The Morgan fingerprint density at radius 1 is 0.281 bits per heavy atom. The summed E-state index contributed by atoms with van der Waals surface area (Å²) in [4.78, 5) is 2.53. The van der Waals surface area contributed by atoms with Crippen LogP contribution < -0.4 is 4.90 Å². The fraction of sp³-hybridized carbons (Fsp3) is 0. The van der Waals surface area contributed by atoms with Gasteiger partial charge in [0.2, 0.25) is 0 Å². The molecule has 12 aromatic carbocycles. The van der Waals surface area contributed by atoms with Gasteiger partial charge in [-0.05, 0) is 119 Å². The van der Waals surface area contributed by atoms with E-state index in [0.29, 0.717) is 0 Å². The van der Waals surface area contributed by atoms with Crippen LogP contribution in [0.3, 0.4) is 0 Å². The predicted molar refractivity (Wildman–Crippen MR) is 274 cm³/mol. The molecule has 0 bridgehead atoms. The molecule has 0 radical (unpaired) electrons. The second-order valence-electron chi connectivity index (χ2n) is 16.8. The lowest BCUT2D eigenvalue weighted by Gasteiger charge is -2.29. The van der Waals surface area contributed by atoms with Crippen LogP contribution in [0.1, 0.15) is 0 Å². The second-order valence-corrected chi connectivity index (χ2v) is 16.8. The highest BCUT2D eigenvalue weighted by Gasteiger charge is 2.25. The van der Waals surface area contributed by atoms with Crippen LogP contribution in [-0.4, -0.2) is 4.57 Å². The van der Waals surface area contributed by atoms with E-state index in [1.54, 1.807) is 0 Å². The number of hydrogen-bond donors (Lipinski definition) is 0. The van der Waals surface area contributed by atoms with Crippen LogP contribution in [0.25, 0.3) is 104 Å². The van der Waals surface area contributed by atoms with E-state index in [9.17, 15) is 0 Å². The fourth-order valence-electron chi connectivity index (χ4n) is 10.5. The predicted octanol–water partition coefficient (Wildman–Crippen LogP) is 17.4. The van der Waals surface area contributed by atoms with Crippen molar-refractivity contribution in [1.82, 2.24) is 4.57 Å². The zero-order chi connectivity index (χ0) is 42.1. The maximum atomic E-state index is 2.53. The van der Waals surface area contributed by atoms with Crippen LogP contribution in [0.2, 0.25) is 0 Å². The van der Waals surface area contributed by atoms with Gasteiger partial charge in [-0.15, -0.1) is 0 Å². The summed E-state index contributed by atoms with van der Waals surface area (Å²) in [6, 6.07) is 89.3. The number of rotatable bonds is 6. The minimum absolute atomic E-state index is 1.09. The third-order valence-electron chi connectivity index (χ3n) is 13.3. The molecule has 0 saturated heterocycles. The molecule has 13 aromatic rings. The van der Waals surface area contributed by atoms with E-state index in [-0.39, 0.29) is 0 Å². The number of nitrogens with zero attached hydrogens (tertiary/aromatic N) is 2. The molecule has 0 N–H and O–H groups in total. The van der Waals surface area contributed by atoms with Gasteiger partial charge in [0.05, 0.1) is 22.4 Å². The van der Waals surface area contributed by atoms with E-state index in [1.807, 2.05) is 0 Å². The molecule has 2 nitrogen and oxygen atoms in total. The number of para-hydroxylation sites is 1. The zero-order valence-electron chi connectivity index (χ0n) is 35.0. The summed E-state index contributed by atoms with van der Waals surface area (Å²) >= 11 is 0. The van der Waals surface area contributed by atoms with Crippen molar-refractivity contribution in [3.8, 4) is 27.9 Å². The van der Waals surface area contributed by atoms with Gasteiger partial charge in [-0.25, -0.2) is 0 Å². The van der Waals surface area contributed by atoms with Crippen molar-refractivity contribution in [3.63, 3.8) is 0 Å². The van der Waals surface area contributed by atoms with Crippen molar-refractivity contribution >= 4 is 92.7 Å². The van der Waals surface area contributed by atoms with Gasteiger partial charge in [0.15, 0.2) is 0 Å². The van der Waals surface area contributed by atoms with Crippen LogP contribution in [0.15, 0.2) is 243 Å². The van der Waals surface area contributed by atoms with Crippen LogP contribution in [0.4, 0.5) is 17.1 Å². The largest absolute Gasteiger partial charge is 0.309 e. The molecule has 0 atom stereocenters. The summed E-state index contributed by atoms with van der Waals surface area (Å²) in [5, 5.41) is 14.7. The first kappa shape index (κ1) is 36.2. The first-order valence-corrected chi connectivity index (χ1v) is 22.1. The summed E-state index contributed by atoms with van der Waals surface area (Å²) in [6.07, 6.45) is 0. The number of aromatic nitrogens is 1. The van der Waals surface area contributed by atoms with Crippen molar-refractivity contribution in [1.29, 1.82) is 0 Å². The molecule has 13 rings (SSSR count). The van der Waals surface area contributed by atoms with Gasteiger partial charge in [0.1, 0.15) is 0 Å². The standard InChI is InChI=1S/C62H40N2/c1-3-19-43(20-4-1)60-53-26-12-11-25-50(53)51-38-36-47(40-55(51)61(60)44-21-5-2-6-22-44)64(56-30-15-28-49-48-24-10-9-18-42(48)34-37-52(49)56)59-32-16-31-58-62(59)54-27-13-14-29-57(54)63(58)46-35-33-41-17-7-8-23-45(41)39-46/h1-40H. The molecule has 0 aliphatic carbocycles. The lowest BCUT2D eigenvalue weighted by Crippen LogP contribution is -2.11. The first-order valence-electron chi connectivity index (χ1n) is 22.1. The first-order chi connectivity index (χ1) is 31.8. The Morgan fingerprint density at radius 2 is 0.812 bits per heavy atom. The third kappa shape index (κ3) is 5.59. The fourth-order valence-corrected chi connectivity index (χ4v) is 10.5. The van der Waals surface area contributed by atoms with Gasteiger partial charge in [-0.2, -0.15) is 0 Å². The second kappa shape index (κ2) is 14.6. The molecule has 0 fully saturated rings. The van der Waals surface area contributed by atoms with Gasteiger partial charge >= 0.3 is 0 Å². The van der Waals surface area contributed by atoms with E-state index in [1.165, 1.54) is 92.4 Å². The van der Waals surface area contributed by atoms with Crippen LogP contribution >= 0.6 is 0 Å². The molecule has 64 heavy (non-hydrogen) atoms. The molecule has 2 heteroatoms. The molecular formula is C62H40N2. The molecule has 0 aliphatic heterocycles. The molecule has 0 aliphatic rings. The molecule has 298 valence electrons. The van der Waals surface area contributed by atoms with Crippen molar-refractivity contribution in [2.24, 2.45) is 0 Å². The Hall–Kier alpha value is -8.46. The normalized spacial score (nSPS) is 11.8. The van der Waals surface area contributed by atoms with Gasteiger partial charge in [-0.1, -0.05) is 194 Å². The van der Waals surface area contributed by atoms with E-state index in [2.05, 4.69) is 252 Å². The van der Waals surface area contributed by atoms with E-state index in [4.69, 9.17) is 0 Å². The van der Waals surface area contributed by atoms with Gasteiger partial charge in [0.25, 0.3) is 0 Å². The summed E-state index contributed by atoms with van der Waals surface area (Å²) in [6.45, 7) is 0. The van der Waals surface area contributed by atoms with Crippen molar-refractivity contribution in [2.75, 3.05) is 4.90 Å². The quantitative estimate of drug-likeness (QED) is 0.152. The Balaban J connectivity index is 1.16. The molecule has 1 aromatic heterocycles. The minimum Gasteiger partial charge on any atom is -0.309 e. The van der Waals surface area contributed by atoms with Crippen LogP contribution in [0.5, 0.6) is 0 Å². The third-order valence-corrected chi connectivity index (χ3v) is 13.3. The zero-order valence-corrected chi connectivity index (χ0v) is 35.0. The van der Waals surface area contributed by atoms with Crippen molar-refractivity contribution in [3.05, 3.63) is 243 Å². The molecule has 0 unspecified atom stereocenters. The number of benzene rings is 12. The molecule has 0 saturated carbocycles. The van der Waals surface area contributed by atoms with Gasteiger partial charge < -0.3 is 9.47 Å². The van der Waals surface area contributed by atoms with Crippen molar-refractivity contribution < 1.29 is 0 Å². The van der Waals surface area contributed by atoms with E-state index in [0.717, 1.165) is 28.3 Å². The average Bonchev–Trinajstić information content (AvgIpc) is 3.71. The van der Waals surface area contributed by atoms with Crippen molar-refractivity contribution in [2.45, 2.75) is 0 Å². The van der Waals surface area contributed by atoms with E-state index >= 15 is 0 Å². The number of fused-ring (bicyclic) bond motifs is 10. The monoisotopic (exact) mass is 812 g/mol. The maximum absolute atomic E-state index is 2.53. The number of anilines is 3. The lowest BCUT2D eigenvalue weighted by molar-refractivity contribution is 1.18. The minimum atomic E-state index is 1.09. The summed E-state index contributed by atoms with van der Waals surface area (Å²) in [7, 11) is 0. The Labute approximate surface area is 371 Å². The molecule has 0 spiro atoms. The highest BCUT2D eigenvalue weighted by molar-refractivity contribution is 6.23. The smallest absolute Gasteiger partial charge is 0.0562 e. The average molecular weight is 813 g/mol. The van der Waals surface area contributed by atoms with Crippen LogP contribution in [0, 0.1) is 0 Å². The summed E-state index contributed by atoms with van der Waals surface area (Å²) in [5.41, 5.74) is 11.7. The maximum Gasteiger partial charge on any atom is 0.0562 e. The Morgan fingerprint density at radius 3 is 1.61 bits per heavy atom. The lowest BCUT2D eigenvalue weighted by atomic mass is 9.85. The molecule has 0 amide bonds. The Bertz CT molecular complexity index is 3960. The highest BCUT2D eigenvalue weighted by Crippen LogP contribution is 2.50. The van der Waals surface area contributed by atoms with E-state index < -0.39 is 0 Å². The summed E-state index contributed by atoms with van der Waals surface area (Å²) in [5.74, 6) is 0. The van der Waals surface area contributed by atoms with Crippen LogP contribution in [-0.2, 0) is 0 Å². The number of hydrogen-bond acceptors (Lipinski definition) is 1. The summed E-state index contributed by atoms with van der Waals surface area (Å²) < 4.78 is 2.45. The topological polar surface area (TPSA) is 8.17 Å². The van der Waals surface area contributed by atoms with Gasteiger partial charge in [0, 0.05) is 27.5 Å². The highest BCUT2D eigenvalue weighted by atomic mass is 15.1.